The van der Waals surface area contributed by atoms with Crippen LogP contribution in [0.4, 0.5) is 0 Å². The fourth-order valence-corrected chi connectivity index (χ4v) is 2.72. The van der Waals surface area contributed by atoms with E-state index in [0.717, 1.165) is 42.2 Å². The second kappa shape index (κ2) is 11.5. The van der Waals surface area contributed by atoms with Gasteiger partial charge in [0.1, 0.15) is 11.5 Å². The van der Waals surface area contributed by atoms with E-state index in [1.807, 2.05) is 18.2 Å². The second-order valence-corrected chi connectivity index (χ2v) is 6.50. The van der Waals surface area contributed by atoms with E-state index in [9.17, 15) is 0 Å². The van der Waals surface area contributed by atoms with Gasteiger partial charge in [0.25, 0.3) is 0 Å². The molecule has 1 aromatic carbocycles. The molecule has 0 saturated heterocycles. The van der Waals surface area contributed by atoms with E-state index in [2.05, 4.69) is 36.4 Å². The molecule has 2 rings (SSSR count). The van der Waals surface area contributed by atoms with Crippen LogP contribution in [0.5, 0.6) is 11.5 Å². The van der Waals surface area contributed by atoms with Gasteiger partial charge in [-0.3, -0.25) is 4.90 Å². The zero-order chi connectivity index (χ0) is 18.2. The van der Waals surface area contributed by atoms with Crippen LogP contribution in [0.15, 0.2) is 23.2 Å². The number of rotatable bonds is 9. The third-order valence-electron chi connectivity index (χ3n) is 4.63. The maximum Gasteiger partial charge on any atom is 0.191 e. The van der Waals surface area contributed by atoms with Crippen molar-refractivity contribution in [3.63, 3.8) is 0 Å². The van der Waals surface area contributed by atoms with Crippen molar-refractivity contribution >= 4 is 29.9 Å². The van der Waals surface area contributed by atoms with E-state index in [0.29, 0.717) is 12.6 Å². The number of halogens is 1. The molecule has 1 aromatic rings. The van der Waals surface area contributed by atoms with Crippen molar-refractivity contribution in [2.75, 3.05) is 34.4 Å². The Morgan fingerprint density at radius 1 is 1.27 bits per heavy atom. The molecular weight excluding hydrogens is 443 g/mol. The Balaban J connectivity index is 0.00000338. The molecule has 0 aromatic heterocycles. The average molecular weight is 476 g/mol. The summed E-state index contributed by atoms with van der Waals surface area (Å²) in [6.07, 6.45) is 2.65. The van der Waals surface area contributed by atoms with Crippen LogP contribution in [0.3, 0.4) is 0 Å². The predicted octanol–water partition coefficient (Wildman–Crippen LogP) is 2.86. The number of benzene rings is 1. The molecule has 0 radical (unpaired) electrons. The molecule has 1 saturated carbocycles. The van der Waals surface area contributed by atoms with Crippen LogP contribution >= 0.6 is 24.0 Å². The summed E-state index contributed by atoms with van der Waals surface area (Å²) in [5, 5.41) is 6.75. The fourth-order valence-electron chi connectivity index (χ4n) is 2.72. The molecule has 26 heavy (non-hydrogen) atoms. The highest BCUT2D eigenvalue weighted by atomic mass is 127. The van der Waals surface area contributed by atoms with Crippen LogP contribution in [0.1, 0.15) is 32.3 Å². The van der Waals surface area contributed by atoms with Gasteiger partial charge in [-0.1, -0.05) is 0 Å². The lowest BCUT2D eigenvalue weighted by molar-refractivity contribution is 0.247. The van der Waals surface area contributed by atoms with Crippen molar-refractivity contribution in [3.05, 3.63) is 23.8 Å². The van der Waals surface area contributed by atoms with Gasteiger partial charge in [-0.2, -0.15) is 0 Å². The minimum atomic E-state index is 0. The van der Waals surface area contributed by atoms with Gasteiger partial charge in [0.2, 0.25) is 0 Å². The number of likely N-dealkylation sites (N-methyl/N-ethyl adjacent to an activating group) is 1. The summed E-state index contributed by atoms with van der Waals surface area (Å²) in [6, 6.07) is 7.05. The Labute approximate surface area is 174 Å². The smallest absolute Gasteiger partial charge is 0.191 e. The number of guanidine groups is 1. The van der Waals surface area contributed by atoms with Gasteiger partial charge in [-0.05, 0) is 45.9 Å². The summed E-state index contributed by atoms with van der Waals surface area (Å²) < 4.78 is 10.7. The van der Waals surface area contributed by atoms with Gasteiger partial charge in [0, 0.05) is 36.8 Å². The average Bonchev–Trinajstić information content (AvgIpc) is 3.48. The minimum Gasteiger partial charge on any atom is -0.497 e. The summed E-state index contributed by atoms with van der Waals surface area (Å²) in [4.78, 5) is 7.14. The van der Waals surface area contributed by atoms with Gasteiger partial charge in [0.05, 0.1) is 20.8 Å². The lowest BCUT2D eigenvalue weighted by Crippen LogP contribution is -2.45. The number of nitrogens with one attached hydrogen (secondary N) is 2. The molecular formula is C19H33IN4O2. The minimum absolute atomic E-state index is 0. The molecule has 0 bridgehead atoms. The Morgan fingerprint density at radius 2 is 2.00 bits per heavy atom. The number of aliphatic imine (C=N–C) groups is 1. The van der Waals surface area contributed by atoms with E-state index in [1.54, 1.807) is 14.2 Å². The molecule has 6 nitrogen and oxygen atoms in total. The first kappa shape index (κ1) is 22.8. The highest BCUT2D eigenvalue weighted by Crippen LogP contribution is 2.27. The van der Waals surface area contributed by atoms with Gasteiger partial charge in [-0.25, -0.2) is 4.99 Å². The summed E-state index contributed by atoms with van der Waals surface area (Å²) in [7, 11) is 5.52. The molecule has 1 unspecified atom stereocenters. The third-order valence-corrected chi connectivity index (χ3v) is 4.63. The van der Waals surface area contributed by atoms with Gasteiger partial charge in [-0.15, -0.1) is 24.0 Å². The van der Waals surface area contributed by atoms with Crippen LogP contribution < -0.4 is 20.1 Å². The van der Waals surface area contributed by atoms with Crippen LogP contribution in [0, 0.1) is 0 Å². The summed E-state index contributed by atoms with van der Waals surface area (Å²) in [6.45, 7) is 6.58. The third kappa shape index (κ3) is 6.83. The number of hydrogen-bond acceptors (Lipinski definition) is 4. The zero-order valence-corrected chi connectivity index (χ0v) is 18.9. The van der Waals surface area contributed by atoms with E-state index >= 15 is 0 Å². The van der Waals surface area contributed by atoms with Gasteiger partial charge >= 0.3 is 0 Å². The van der Waals surface area contributed by atoms with E-state index < -0.39 is 0 Å². The molecule has 0 heterocycles. The standard InChI is InChI=1S/C19H32N4O2.HI/c1-6-20-19(21-12-14(2)23(3)16-8-9-16)22-13-15-7-10-17(24-4)11-18(15)25-5;/h7,10-11,14,16H,6,8-9,12-13H2,1-5H3,(H2,20,21,22);1H. The van der Waals surface area contributed by atoms with Crippen molar-refractivity contribution in [2.45, 2.75) is 45.3 Å². The molecule has 0 aliphatic heterocycles. The van der Waals surface area contributed by atoms with E-state index in [-0.39, 0.29) is 24.0 Å². The maximum atomic E-state index is 5.45. The molecule has 0 spiro atoms. The highest BCUT2D eigenvalue weighted by Gasteiger charge is 2.28. The highest BCUT2D eigenvalue weighted by molar-refractivity contribution is 14.0. The van der Waals surface area contributed by atoms with Gasteiger partial charge < -0.3 is 20.1 Å². The normalized spacial score (nSPS) is 15.2. The summed E-state index contributed by atoms with van der Waals surface area (Å²) in [5.41, 5.74) is 1.03. The van der Waals surface area contributed by atoms with Crippen molar-refractivity contribution in [1.82, 2.24) is 15.5 Å². The largest absolute Gasteiger partial charge is 0.497 e. The summed E-state index contributed by atoms with van der Waals surface area (Å²) >= 11 is 0. The Kier molecular flexibility index (Phi) is 10.1. The second-order valence-electron chi connectivity index (χ2n) is 6.50. The molecule has 7 heteroatoms. The Morgan fingerprint density at radius 3 is 2.58 bits per heavy atom. The van der Waals surface area contributed by atoms with Crippen molar-refractivity contribution in [1.29, 1.82) is 0 Å². The first-order chi connectivity index (χ1) is 12.1. The van der Waals surface area contributed by atoms with Crippen LogP contribution in [0.25, 0.3) is 0 Å². The topological polar surface area (TPSA) is 58.1 Å². The molecule has 0 amide bonds. The fraction of sp³-hybridized carbons (Fsp3) is 0.632. The number of methoxy groups -OCH3 is 2. The quantitative estimate of drug-likeness (QED) is 0.326. The Hall–Kier alpha value is -1.22. The Bertz CT molecular complexity index is 579. The SMILES string of the molecule is CCNC(=NCc1ccc(OC)cc1OC)NCC(C)N(C)C1CC1.I. The predicted molar refractivity (Wildman–Crippen MR) is 118 cm³/mol. The van der Waals surface area contributed by atoms with E-state index in [4.69, 9.17) is 14.5 Å². The van der Waals surface area contributed by atoms with Crippen LogP contribution in [-0.4, -0.2) is 57.3 Å². The summed E-state index contributed by atoms with van der Waals surface area (Å²) in [5.74, 6) is 2.41. The van der Waals surface area contributed by atoms with Crippen molar-refractivity contribution in [2.24, 2.45) is 4.99 Å². The number of hydrogen-bond donors (Lipinski definition) is 2. The lowest BCUT2D eigenvalue weighted by Gasteiger charge is -2.25. The first-order valence-corrected chi connectivity index (χ1v) is 9.04. The lowest BCUT2D eigenvalue weighted by atomic mass is 10.2. The van der Waals surface area contributed by atoms with Crippen LogP contribution in [0.2, 0.25) is 0 Å². The van der Waals surface area contributed by atoms with Crippen molar-refractivity contribution < 1.29 is 9.47 Å². The number of ether oxygens (including phenoxy) is 2. The maximum absolute atomic E-state index is 5.45. The molecule has 148 valence electrons. The van der Waals surface area contributed by atoms with E-state index in [1.165, 1.54) is 12.8 Å². The zero-order valence-electron chi connectivity index (χ0n) is 16.5. The van der Waals surface area contributed by atoms with Gasteiger partial charge in [0.15, 0.2) is 5.96 Å². The first-order valence-electron chi connectivity index (χ1n) is 9.04. The molecule has 1 aliphatic carbocycles. The van der Waals surface area contributed by atoms with Crippen molar-refractivity contribution in [3.8, 4) is 11.5 Å². The molecule has 1 atom stereocenters. The molecule has 2 N–H and O–H groups in total. The molecule has 1 fully saturated rings. The number of nitrogens with zero attached hydrogens (tertiary/aromatic N) is 2. The van der Waals surface area contributed by atoms with Crippen LogP contribution in [-0.2, 0) is 6.54 Å². The monoisotopic (exact) mass is 476 g/mol. The molecule has 1 aliphatic rings.